The Morgan fingerprint density at radius 3 is 1.08 bits per heavy atom. The normalized spacial score (nSPS) is 12.4. The lowest BCUT2D eigenvalue weighted by Crippen LogP contribution is -2.30. The summed E-state index contributed by atoms with van der Waals surface area (Å²) < 4.78 is 16.7. The van der Waals surface area contributed by atoms with Gasteiger partial charge in [0.15, 0.2) is 6.10 Å². The lowest BCUT2D eigenvalue weighted by Gasteiger charge is -2.18. The molecule has 342 valence electrons. The van der Waals surface area contributed by atoms with Gasteiger partial charge in [-0.05, 0) is 77.0 Å². The summed E-state index contributed by atoms with van der Waals surface area (Å²) in [6.45, 7) is 6.48. The number of carbonyl (C=O) groups excluding carboxylic acids is 3. The minimum atomic E-state index is -0.792. The Bertz CT molecular complexity index is 1040. The van der Waals surface area contributed by atoms with E-state index in [0.717, 1.165) is 77.0 Å². The highest BCUT2D eigenvalue weighted by molar-refractivity contribution is 5.71. The molecule has 6 nitrogen and oxygen atoms in total. The van der Waals surface area contributed by atoms with Crippen LogP contribution in [0.4, 0.5) is 0 Å². The van der Waals surface area contributed by atoms with Gasteiger partial charge in [0.1, 0.15) is 13.2 Å². The molecule has 0 aromatic rings. The molecule has 0 fully saturated rings. The second kappa shape index (κ2) is 48.0. The minimum Gasteiger partial charge on any atom is -0.462 e. The Labute approximate surface area is 365 Å². The van der Waals surface area contributed by atoms with E-state index in [4.69, 9.17) is 14.2 Å². The van der Waals surface area contributed by atoms with Crippen LogP contribution in [0, 0.1) is 0 Å². The predicted octanol–water partition coefficient (Wildman–Crippen LogP) is 16.3. The molecule has 0 radical (unpaired) electrons. The number of allylic oxidation sites excluding steroid dienone is 8. The predicted molar refractivity (Wildman–Crippen MR) is 252 cm³/mol. The monoisotopic (exact) mass is 827 g/mol. The van der Waals surface area contributed by atoms with Crippen molar-refractivity contribution >= 4 is 17.9 Å². The van der Waals surface area contributed by atoms with Crippen LogP contribution in [0.5, 0.6) is 0 Å². The maximum Gasteiger partial charge on any atom is 0.306 e. The molecule has 0 amide bonds. The molecule has 0 rings (SSSR count). The first-order valence-corrected chi connectivity index (χ1v) is 25.1. The summed E-state index contributed by atoms with van der Waals surface area (Å²) in [4.78, 5) is 37.8. The van der Waals surface area contributed by atoms with Crippen molar-refractivity contribution in [1.82, 2.24) is 0 Å². The highest BCUT2D eigenvalue weighted by atomic mass is 16.6. The molecule has 0 aliphatic carbocycles. The lowest BCUT2D eigenvalue weighted by atomic mass is 10.1. The summed E-state index contributed by atoms with van der Waals surface area (Å²) in [5.74, 6) is -0.934. The number of esters is 3. The van der Waals surface area contributed by atoms with E-state index in [2.05, 4.69) is 69.4 Å². The molecule has 0 N–H and O–H groups in total. The fourth-order valence-electron chi connectivity index (χ4n) is 7.04. The van der Waals surface area contributed by atoms with Gasteiger partial charge in [-0.1, -0.05) is 204 Å². The molecule has 0 aromatic heterocycles. The van der Waals surface area contributed by atoms with Gasteiger partial charge >= 0.3 is 17.9 Å². The molecule has 0 aromatic carbocycles. The molecule has 1 unspecified atom stereocenters. The summed E-state index contributed by atoms with van der Waals surface area (Å²) in [5, 5.41) is 0. The van der Waals surface area contributed by atoms with Crippen LogP contribution < -0.4 is 0 Å². The van der Waals surface area contributed by atoms with Crippen LogP contribution in [-0.2, 0) is 28.6 Å². The number of unbranched alkanes of at least 4 members (excludes halogenated alkanes) is 26. The van der Waals surface area contributed by atoms with Crippen molar-refractivity contribution < 1.29 is 28.6 Å². The van der Waals surface area contributed by atoms with Crippen molar-refractivity contribution in [1.29, 1.82) is 0 Å². The molecule has 59 heavy (non-hydrogen) atoms. The first kappa shape index (κ1) is 56.4. The summed E-state index contributed by atoms with van der Waals surface area (Å²) in [6.07, 6.45) is 56.7. The molecular weight excluding hydrogens is 733 g/mol. The van der Waals surface area contributed by atoms with Gasteiger partial charge in [-0.3, -0.25) is 14.4 Å². The van der Waals surface area contributed by atoms with Crippen molar-refractivity contribution in [2.45, 2.75) is 258 Å². The average molecular weight is 827 g/mol. The Balaban J connectivity index is 4.36. The molecule has 0 bridgehead atoms. The van der Waals surface area contributed by atoms with Gasteiger partial charge in [0.05, 0.1) is 0 Å². The van der Waals surface area contributed by atoms with E-state index in [0.29, 0.717) is 19.3 Å². The van der Waals surface area contributed by atoms with E-state index in [1.165, 1.54) is 128 Å². The fourth-order valence-corrected chi connectivity index (χ4v) is 7.04. The van der Waals surface area contributed by atoms with Crippen LogP contribution >= 0.6 is 0 Å². The molecular formula is C53H94O6. The van der Waals surface area contributed by atoms with Crippen LogP contribution in [0.1, 0.15) is 252 Å². The standard InChI is InChI=1S/C53H94O6/c1-4-7-10-13-16-19-22-24-25-26-27-28-29-32-34-37-40-43-46-52(55)58-49-50(48-57-51(54)45-42-39-36-33-30-21-18-15-12-9-6-3)59-53(56)47-44-41-38-35-31-23-20-17-14-11-8-5-2/h8,11,17,20,27-28,31,35,50H,4-7,9-10,12-16,18-19,21-26,29-30,32-34,36-49H2,1-3H3/b11-8-,20-17-,28-27-,35-31-. The Morgan fingerprint density at radius 2 is 0.661 bits per heavy atom. The van der Waals surface area contributed by atoms with Crippen LogP contribution in [0.2, 0.25) is 0 Å². The zero-order valence-corrected chi connectivity index (χ0v) is 39.0. The fraction of sp³-hybridized carbons (Fsp3) is 0.792. The average Bonchev–Trinajstić information content (AvgIpc) is 3.23. The van der Waals surface area contributed by atoms with E-state index < -0.39 is 6.10 Å². The largest absolute Gasteiger partial charge is 0.462 e. The molecule has 6 heteroatoms. The van der Waals surface area contributed by atoms with Crippen molar-refractivity contribution in [2.24, 2.45) is 0 Å². The third-order valence-electron chi connectivity index (χ3n) is 10.8. The minimum absolute atomic E-state index is 0.0893. The van der Waals surface area contributed by atoms with Gasteiger partial charge in [0, 0.05) is 19.3 Å². The zero-order chi connectivity index (χ0) is 43.0. The van der Waals surface area contributed by atoms with E-state index in [1.54, 1.807) is 0 Å². The highest BCUT2D eigenvalue weighted by Gasteiger charge is 2.19. The van der Waals surface area contributed by atoms with Crippen molar-refractivity contribution in [3.8, 4) is 0 Å². The van der Waals surface area contributed by atoms with Crippen LogP contribution in [0.25, 0.3) is 0 Å². The zero-order valence-electron chi connectivity index (χ0n) is 39.0. The maximum absolute atomic E-state index is 12.7. The highest BCUT2D eigenvalue weighted by Crippen LogP contribution is 2.15. The van der Waals surface area contributed by atoms with Gasteiger partial charge < -0.3 is 14.2 Å². The number of hydrogen-bond donors (Lipinski definition) is 0. The molecule has 0 heterocycles. The van der Waals surface area contributed by atoms with Crippen molar-refractivity contribution in [2.75, 3.05) is 13.2 Å². The third kappa shape index (κ3) is 46.3. The van der Waals surface area contributed by atoms with E-state index in [1.807, 2.05) is 0 Å². The van der Waals surface area contributed by atoms with E-state index >= 15 is 0 Å². The van der Waals surface area contributed by atoms with Gasteiger partial charge in [0.2, 0.25) is 0 Å². The Hall–Kier alpha value is -2.63. The number of rotatable bonds is 45. The smallest absolute Gasteiger partial charge is 0.306 e. The molecule has 0 saturated carbocycles. The maximum atomic E-state index is 12.7. The van der Waals surface area contributed by atoms with Crippen LogP contribution in [-0.4, -0.2) is 37.2 Å². The Kier molecular flexibility index (Phi) is 45.9. The summed E-state index contributed by atoms with van der Waals surface area (Å²) in [6, 6.07) is 0. The van der Waals surface area contributed by atoms with E-state index in [9.17, 15) is 14.4 Å². The molecule has 0 aliphatic rings. The number of ether oxygens (including phenoxy) is 3. The van der Waals surface area contributed by atoms with E-state index in [-0.39, 0.29) is 37.5 Å². The van der Waals surface area contributed by atoms with Crippen molar-refractivity contribution in [3.05, 3.63) is 48.6 Å². The van der Waals surface area contributed by atoms with Crippen LogP contribution in [0.3, 0.4) is 0 Å². The van der Waals surface area contributed by atoms with Crippen LogP contribution in [0.15, 0.2) is 48.6 Å². The lowest BCUT2D eigenvalue weighted by molar-refractivity contribution is -0.167. The second-order valence-electron chi connectivity index (χ2n) is 16.7. The topological polar surface area (TPSA) is 78.9 Å². The first-order valence-electron chi connectivity index (χ1n) is 25.1. The molecule has 0 spiro atoms. The quantitative estimate of drug-likeness (QED) is 0.0263. The summed E-state index contributed by atoms with van der Waals surface area (Å²) >= 11 is 0. The summed E-state index contributed by atoms with van der Waals surface area (Å²) in [7, 11) is 0. The van der Waals surface area contributed by atoms with Crippen molar-refractivity contribution in [3.63, 3.8) is 0 Å². The first-order chi connectivity index (χ1) is 29.0. The van der Waals surface area contributed by atoms with Gasteiger partial charge in [0.25, 0.3) is 0 Å². The number of carbonyl (C=O) groups is 3. The molecule has 1 atom stereocenters. The number of hydrogen-bond acceptors (Lipinski definition) is 6. The molecule has 0 aliphatic heterocycles. The van der Waals surface area contributed by atoms with Gasteiger partial charge in [-0.2, -0.15) is 0 Å². The molecule has 0 saturated heterocycles. The SMILES string of the molecule is CC/C=C\C/C=C\C/C=C\CCCCC(=O)OC(COC(=O)CCCCCCC/C=C\CCCCCCCCCCC)COC(=O)CCCCCCCCCCCCC. The third-order valence-corrected chi connectivity index (χ3v) is 10.8. The Morgan fingerprint density at radius 1 is 0.356 bits per heavy atom. The second-order valence-corrected chi connectivity index (χ2v) is 16.7. The van der Waals surface area contributed by atoms with Gasteiger partial charge in [-0.15, -0.1) is 0 Å². The summed E-state index contributed by atoms with van der Waals surface area (Å²) in [5.41, 5.74) is 0. The van der Waals surface area contributed by atoms with Gasteiger partial charge in [-0.25, -0.2) is 0 Å².